The van der Waals surface area contributed by atoms with Gasteiger partial charge < -0.3 is 25.4 Å². The van der Waals surface area contributed by atoms with Crippen molar-refractivity contribution < 1.29 is 24.2 Å². The molecule has 33 heavy (non-hydrogen) atoms. The van der Waals surface area contributed by atoms with Crippen molar-refractivity contribution in [3.63, 3.8) is 0 Å². The maximum atomic E-state index is 13.6. The number of aliphatic hydroxyl groups is 1. The minimum absolute atomic E-state index is 0.0181. The zero-order chi connectivity index (χ0) is 23.2. The summed E-state index contributed by atoms with van der Waals surface area (Å²) in [5, 5.41) is 17.5. The van der Waals surface area contributed by atoms with Gasteiger partial charge in [0.2, 0.25) is 17.7 Å². The largest absolute Gasteiger partial charge is 0.395 e. The summed E-state index contributed by atoms with van der Waals surface area (Å²) < 4.78 is 6.32. The Bertz CT molecular complexity index is 1100. The van der Waals surface area contributed by atoms with E-state index < -0.39 is 23.5 Å². The first kappa shape index (κ1) is 21.9. The SMILES string of the molecule is CCCNC(=O)[C@@H]1[C@@H]2CCC3(O2)C(C(=O)Nc2ccc4ccccc4c2)N(CCO)C(=O)[C@H]13. The molecule has 2 aromatic rings. The van der Waals surface area contributed by atoms with Crippen LogP contribution in [0.2, 0.25) is 0 Å². The first-order valence-corrected chi connectivity index (χ1v) is 11.7. The highest BCUT2D eigenvalue weighted by Crippen LogP contribution is 2.58. The summed E-state index contributed by atoms with van der Waals surface area (Å²) in [5.74, 6) is -2.17. The highest BCUT2D eigenvalue weighted by Gasteiger charge is 2.74. The third-order valence-electron chi connectivity index (χ3n) is 7.26. The number of carbonyl (C=O) groups is 3. The number of nitrogens with zero attached hydrogens (tertiary/aromatic N) is 1. The Labute approximate surface area is 192 Å². The summed E-state index contributed by atoms with van der Waals surface area (Å²) in [5.41, 5.74) is -0.425. The van der Waals surface area contributed by atoms with Gasteiger partial charge in [0.05, 0.1) is 24.5 Å². The van der Waals surface area contributed by atoms with Gasteiger partial charge >= 0.3 is 0 Å². The molecule has 8 heteroatoms. The molecule has 2 bridgehead atoms. The van der Waals surface area contributed by atoms with Crippen molar-refractivity contribution in [1.29, 1.82) is 0 Å². The summed E-state index contributed by atoms with van der Waals surface area (Å²) in [6.07, 6.45) is 1.58. The Morgan fingerprint density at radius 2 is 1.97 bits per heavy atom. The van der Waals surface area contributed by atoms with Gasteiger partial charge in [0.25, 0.3) is 0 Å². The van der Waals surface area contributed by atoms with Crippen molar-refractivity contribution in [2.75, 3.05) is 25.0 Å². The van der Waals surface area contributed by atoms with Crippen LogP contribution in [-0.2, 0) is 19.1 Å². The molecule has 0 aliphatic carbocycles. The number of carbonyl (C=O) groups excluding carboxylic acids is 3. The van der Waals surface area contributed by atoms with E-state index in [0.717, 1.165) is 17.2 Å². The minimum atomic E-state index is -1.05. The molecule has 2 aromatic carbocycles. The fraction of sp³-hybridized carbons (Fsp3) is 0.480. The lowest BCUT2D eigenvalue weighted by atomic mass is 9.70. The molecule has 0 radical (unpaired) electrons. The van der Waals surface area contributed by atoms with E-state index >= 15 is 0 Å². The Morgan fingerprint density at radius 1 is 1.18 bits per heavy atom. The maximum absolute atomic E-state index is 13.6. The average molecular weight is 452 g/mol. The topological polar surface area (TPSA) is 108 Å². The van der Waals surface area contributed by atoms with Crippen molar-refractivity contribution in [3.05, 3.63) is 42.5 Å². The van der Waals surface area contributed by atoms with Gasteiger partial charge in [-0.1, -0.05) is 37.3 Å². The molecule has 174 valence electrons. The number of amides is 3. The molecular formula is C25H29N3O5. The van der Waals surface area contributed by atoms with Gasteiger partial charge in [-0.05, 0) is 42.2 Å². The van der Waals surface area contributed by atoms with Crippen molar-refractivity contribution in [2.24, 2.45) is 11.8 Å². The summed E-state index contributed by atoms with van der Waals surface area (Å²) in [6, 6.07) is 12.6. The molecule has 8 nitrogen and oxygen atoms in total. The molecule has 3 amide bonds. The Hall–Kier alpha value is -2.97. The number of ether oxygens (including phenoxy) is 1. The van der Waals surface area contributed by atoms with E-state index in [2.05, 4.69) is 10.6 Å². The van der Waals surface area contributed by atoms with Crippen molar-refractivity contribution in [1.82, 2.24) is 10.2 Å². The fourth-order valence-corrected chi connectivity index (χ4v) is 5.95. The molecule has 3 heterocycles. The van der Waals surface area contributed by atoms with E-state index in [1.165, 1.54) is 4.90 Å². The molecule has 3 N–H and O–H groups in total. The first-order valence-electron chi connectivity index (χ1n) is 11.7. The molecule has 2 unspecified atom stereocenters. The van der Waals surface area contributed by atoms with Crippen molar-refractivity contribution in [3.8, 4) is 0 Å². The number of hydrogen-bond donors (Lipinski definition) is 3. The summed E-state index contributed by atoms with van der Waals surface area (Å²) in [4.78, 5) is 41.4. The van der Waals surface area contributed by atoms with Gasteiger partial charge in [-0.25, -0.2) is 0 Å². The predicted molar refractivity (Wildman–Crippen MR) is 122 cm³/mol. The van der Waals surface area contributed by atoms with Crippen molar-refractivity contribution >= 4 is 34.2 Å². The third-order valence-corrected chi connectivity index (χ3v) is 7.26. The molecule has 1 spiro atoms. The van der Waals surface area contributed by atoms with Crippen LogP contribution < -0.4 is 10.6 Å². The van der Waals surface area contributed by atoms with E-state index in [4.69, 9.17) is 4.74 Å². The molecule has 5 rings (SSSR count). The molecule has 5 atom stereocenters. The first-order chi connectivity index (χ1) is 16.0. The number of nitrogens with one attached hydrogen (secondary N) is 2. The summed E-state index contributed by atoms with van der Waals surface area (Å²) in [6.45, 7) is 2.24. The standard InChI is InChI=1S/C25H29N3O5/c1-2-11-26-22(30)19-18-9-10-25(33-18)20(19)24(32)28(12-13-29)21(25)23(31)27-17-8-7-15-5-3-4-6-16(15)14-17/h3-8,14,18-21,29H,2,9-13H2,1H3,(H,26,30)(H,27,31)/t18-,19+,20-,21?,25?/m0/s1. The predicted octanol–water partition coefficient (Wildman–Crippen LogP) is 1.67. The lowest BCUT2D eigenvalue weighted by molar-refractivity contribution is -0.141. The van der Waals surface area contributed by atoms with Crippen LogP contribution in [0.5, 0.6) is 0 Å². The smallest absolute Gasteiger partial charge is 0.250 e. The van der Waals surface area contributed by atoms with Gasteiger partial charge in [-0.2, -0.15) is 0 Å². The number of rotatable bonds is 7. The summed E-state index contributed by atoms with van der Waals surface area (Å²) in [7, 11) is 0. The minimum Gasteiger partial charge on any atom is -0.395 e. The van der Waals surface area contributed by atoms with Gasteiger partial charge in [-0.15, -0.1) is 0 Å². The Morgan fingerprint density at radius 3 is 2.73 bits per heavy atom. The van der Waals surface area contributed by atoms with Gasteiger partial charge in [0, 0.05) is 18.8 Å². The van der Waals surface area contributed by atoms with Gasteiger partial charge in [-0.3, -0.25) is 14.4 Å². The van der Waals surface area contributed by atoms with Crippen LogP contribution in [0.25, 0.3) is 10.8 Å². The van der Waals surface area contributed by atoms with Crippen LogP contribution in [0.3, 0.4) is 0 Å². The maximum Gasteiger partial charge on any atom is 0.250 e. The number of fused-ring (bicyclic) bond motifs is 2. The zero-order valence-electron chi connectivity index (χ0n) is 18.6. The molecule has 3 fully saturated rings. The van der Waals surface area contributed by atoms with Crippen LogP contribution in [0.4, 0.5) is 5.69 Å². The number of likely N-dealkylation sites (tertiary alicyclic amines) is 1. The molecule has 0 aromatic heterocycles. The molecule has 3 aliphatic heterocycles. The summed E-state index contributed by atoms with van der Waals surface area (Å²) >= 11 is 0. The van der Waals surface area contributed by atoms with E-state index in [-0.39, 0.29) is 37.0 Å². The quantitative estimate of drug-likeness (QED) is 0.594. The number of benzene rings is 2. The van der Waals surface area contributed by atoms with Gasteiger partial charge in [0.15, 0.2) is 0 Å². The Kier molecular flexibility index (Phi) is 5.58. The molecular weight excluding hydrogens is 422 g/mol. The van der Waals surface area contributed by atoms with E-state index in [0.29, 0.717) is 25.1 Å². The lowest BCUT2D eigenvalue weighted by Crippen LogP contribution is -2.53. The highest BCUT2D eigenvalue weighted by molar-refractivity contribution is 6.04. The molecule has 3 saturated heterocycles. The normalized spacial score (nSPS) is 30.0. The number of aliphatic hydroxyl groups excluding tert-OH is 1. The number of hydrogen-bond acceptors (Lipinski definition) is 5. The van der Waals surface area contributed by atoms with E-state index in [9.17, 15) is 19.5 Å². The average Bonchev–Trinajstić information content (AvgIpc) is 3.45. The van der Waals surface area contributed by atoms with Crippen LogP contribution in [0.1, 0.15) is 26.2 Å². The monoisotopic (exact) mass is 451 g/mol. The number of β-amino-alcohol motifs (C(OH)–C–C–N with tert-alkyl or cyclic N) is 1. The van der Waals surface area contributed by atoms with Crippen molar-refractivity contribution in [2.45, 2.75) is 43.9 Å². The van der Waals surface area contributed by atoms with Crippen LogP contribution in [0.15, 0.2) is 42.5 Å². The van der Waals surface area contributed by atoms with E-state index in [1.54, 1.807) is 0 Å². The second-order valence-corrected chi connectivity index (χ2v) is 9.15. The molecule has 3 aliphatic rings. The Balaban J connectivity index is 1.46. The molecule has 0 saturated carbocycles. The number of anilines is 1. The second-order valence-electron chi connectivity index (χ2n) is 9.15. The second kappa shape index (κ2) is 8.43. The van der Waals surface area contributed by atoms with Gasteiger partial charge in [0.1, 0.15) is 11.6 Å². The third kappa shape index (κ3) is 3.40. The van der Waals surface area contributed by atoms with Crippen LogP contribution >= 0.6 is 0 Å². The van der Waals surface area contributed by atoms with Crippen LogP contribution in [0, 0.1) is 11.8 Å². The lowest BCUT2D eigenvalue weighted by Gasteiger charge is -2.33. The van der Waals surface area contributed by atoms with E-state index in [1.807, 2.05) is 49.4 Å². The van der Waals surface area contributed by atoms with Crippen LogP contribution in [-0.4, -0.2) is 65.2 Å². The fourth-order valence-electron chi connectivity index (χ4n) is 5.95. The highest BCUT2D eigenvalue weighted by atomic mass is 16.5. The zero-order valence-corrected chi connectivity index (χ0v) is 18.6.